The number of benzene rings is 1. The Hall–Kier alpha value is -3.67. The van der Waals surface area contributed by atoms with Gasteiger partial charge in [0.1, 0.15) is 6.54 Å². The fraction of sp³-hybridized carbons (Fsp3) is 0.350. The van der Waals surface area contributed by atoms with Crippen LogP contribution in [0.4, 0.5) is 5.69 Å². The molecule has 0 radical (unpaired) electrons. The molecule has 9 nitrogen and oxygen atoms in total. The van der Waals surface area contributed by atoms with Gasteiger partial charge in [0.2, 0.25) is 5.91 Å². The summed E-state index contributed by atoms with van der Waals surface area (Å²) in [5.74, 6) is -0.277. The molecule has 9 heteroatoms. The molecule has 29 heavy (non-hydrogen) atoms. The van der Waals surface area contributed by atoms with E-state index in [4.69, 9.17) is 5.26 Å². The lowest BCUT2D eigenvalue weighted by Gasteiger charge is -2.23. The Morgan fingerprint density at radius 1 is 1.14 bits per heavy atom. The molecule has 0 spiro atoms. The molecule has 2 heterocycles. The summed E-state index contributed by atoms with van der Waals surface area (Å²) in [6, 6.07) is 7.84. The predicted octanol–water partition coefficient (Wildman–Crippen LogP) is 0.997. The minimum Gasteiger partial charge on any atom is -0.315 e. The van der Waals surface area contributed by atoms with Crippen LogP contribution in [0.3, 0.4) is 0 Å². The Balaban J connectivity index is 2.04. The second kappa shape index (κ2) is 7.75. The van der Waals surface area contributed by atoms with Gasteiger partial charge in [0.25, 0.3) is 5.56 Å². The van der Waals surface area contributed by atoms with E-state index in [-0.39, 0.29) is 36.6 Å². The smallest absolute Gasteiger partial charge is 0.315 e. The summed E-state index contributed by atoms with van der Waals surface area (Å²) in [5.41, 5.74) is 2.13. The zero-order valence-electron chi connectivity index (χ0n) is 16.8. The first kappa shape index (κ1) is 20.1. The van der Waals surface area contributed by atoms with E-state index < -0.39 is 11.2 Å². The average molecular weight is 394 g/mol. The van der Waals surface area contributed by atoms with Crippen LogP contribution in [-0.2, 0) is 25.4 Å². The second-order valence-electron chi connectivity index (χ2n) is 7.05. The van der Waals surface area contributed by atoms with Gasteiger partial charge in [-0.25, -0.2) is 9.78 Å². The van der Waals surface area contributed by atoms with Crippen molar-refractivity contribution in [1.82, 2.24) is 18.7 Å². The van der Waals surface area contributed by atoms with Gasteiger partial charge in [0.05, 0.1) is 18.8 Å². The molecule has 0 N–H and O–H groups in total. The highest BCUT2D eigenvalue weighted by Crippen LogP contribution is 2.20. The number of hydrogen-bond donors (Lipinski definition) is 0. The number of hydrogen-bond acceptors (Lipinski definition) is 5. The van der Waals surface area contributed by atoms with E-state index in [0.717, 1.165) is 15.7 Å². The van der Waals surface area contributed by atoms with E-state index >= 15 is 0 Å². The molecule has 150 valence electrons. The molecule has 0 bridgehead atoms. The molecule has 1 aromatic carbocycles. The zero-order chi connectivity index (χ0) is 21.3. The first-order valence-electron chi connectivity index (χ1n) is 9.11. The number of aryl methyl sites for hydroxylation is 3. The van der Waals surface area contributed by atoms with Crippen LogP contribution in [0.2, 0.25) is 0 Å². The quantitative estimate of drug-likeness (QED) is 0.642. The van der Waals surface area contributed by atoms with Crippen LogP contribution in [0.25, 0.3) is 11.2 Å². The maximum absolute atomic E-state index is 13.1. The summed E-state index contributed by atoms with van der Waals surface area (Å²) < 4.78 is 3.71. The predicted molar refractivity (Wildman–Crippen MR) is 109 cm³/mol. The molecular formula is C20H22N6O3. The number of imidazole rings is 1. The van der Waals surface area contributed by atoms with Crippen LogP contribution in [0.1, 0.15) is 17.5 Å². The number of carbonyl (C=O) groups is 1. The lowest BCUT2D eigenvalue weighted by molar-refractivity contribution is -0.119. The van der Waals surface area contributed by atoms with Crippen LogP contribution >= 0.6 is 0 Å². The zero-order valence-corrected chi connectivity index (χ0v) is 16.8. The lowest BCUT2D eigenvalue weighted by atomic mass is 10.1. The molecule has 0 saturated heterocycles. The summed E-state index contributed by atoms with van der Waals surface area (Å²) in [6.07, 6.45) is 1.56. The monoisotopic (exact) mass is 394 g/mol. The number of nitrogens with zero attached hydrogens (tertiary/aromatic N) is 6. The van der Waals surface area contributed by atoms with E-state index in [9.17, 15) is 14.4 Å². The molecule has 0 atom stereocenters. The van der Waals surface area contributed by atoms with Crippen molar-refractivity contribution >= 4 is 22.8 Å². The average Bonchev–Trinajstić information content (AvgIpc) is 3.08. The highest BCUT2D eigenvalue weighted by Gasteiger charge is 2.20. The van der Waals surface area contributed by atoms with Crippen LogP contribution in [0, 0.1) is 25.2 Å². The number of nitriles is 1. The van der Waals surface area contributed by atoms with Gasteiger partial charge >= 0.3 is 5.69 Å². The number of aromatic nitrogens is 4. The van der Waals surface area contributed by atoms with Gasteiger partial charge in [-0.05, 0) is 37.1 Å². The van der Waals surface area contributed by atoms with Crippen molar-refractivity contribution in [3.05, 3.63) is 56.5 Å². The van der Waals surface area contributed by atoms with Gasteiger partial charge in [-0.15, -0.1) is 0 Å². The third kappa shape index (κ3) is 3.69. The van der Waals surface area contributed by atoms with E-state index in [1.165, 1.54) is 29.6 Å². The lowest BCUT2D eigenvalue weighted by Crippen LogP contribution is -2.38. The van der Waals surface area contributed by atoms with Crippen molar-refractivity contribution in [2.45, 2.75) is 26.8 Å². The molecule has 1 amide bonds. The number of amides is 1. The molecule has 0 aliphatic rings. The van der Waals surface area contributed by atoms with Crippen LogP contribution < -0.4 is 16.1 Å². The maximum atomic E-state index is 13.1. The fourth-order valence-electron chi connectivity index (χ4n) is 3.41. The molecule has 0 saturated carbocycles. The summed E-state index contributed by atoms with van der Waals surface area (Å²) in [5, 5.41) is 8.99. The van der Waals surface area contributed by atoms with Gasteiger partial charge in [-0.2, -0.15) is 5.26 Å². The van der Waals surface area contributed by atoms with Crippen LogP contribution in [-0.4, -0.2) is 31.1 Å². The largest absolute Gasteiger partial charge is 0.332 e. The van der Waals surface area contributed by atoms with Crippen molar-refractivity contribution in [1.29, 1.82) is 5.26 Å². The molecular weight excluding hydrogens is 372 g/mol. The molecule has 2 aromatic heterocycles. The standard InChI is InChI=1S/C20H22N6O3/c1-13-8-14(2)10-15(9-13)26(7-5-6-21)16(27)11-25-12-22-18-17(25)19(28)24(4)20(29)23(18)3/h8-10,12H,5,7,11H2,1-4H3. The highest BCUT2D eigenvalue weighted by atomic mass is 16.2. The Morgan fingerprint density at radius 2 is 1.79 bits per heavy atom. The third-order valence-electron chi connectivity index (χ3n) is 4.79. The molecule has 0 unspecified atom stereocenters. The van der Waals surface area contributed by atoms with Gasteiger partial charge in [-0.3, -0.25) is 18.7 Å². The molecule has 3 aromatic rings. The fourth-order valence-corrected chi connectivity index (χ4v) is 3.41. The number of anilines is 1. The highest BCUT2D eigenvalue weighted by molar-refractivity contribution is 5.94. The van der Waals surface area contributed by atoms with Gasteiger partial charge in [-0.1, -0.05) is 6.07 Å². The van der Waals surface area contributed by atoms with E-state index in [1.54, 1.807) is 4.90 Å². The van der Waals surface area contributed by atoms with Gasteiger partial charge < -0.3 is 9.47 Å². The van der Waals surface area contributed by atoms with Gasteiger partial charge in [0, 0.05) is 26.3 Å². The van der Waals surface area contributed by atoms with Crippen molar-refractivity contribution in [3.8, 4) is 6.07 Å². The Morgan fingerprint density at radius 3 is 2.41 bits per heavy atom. The van der Waals surface area contributed by atoms with E-state index in [1.807, 2.05) is 32.0 Å². The molecule has 0 aliphatic heterocycles. The Kier molecular flexibility index (Phi) is 5.37. The summed E-state index contributed by atoms with van der Waals surface area (Å²) in [4.78, 5) is 43.5. The Labute approximate surface area is 167 Å². The molecule has 0 aliphatic carbocycles. The maximum Gasteiger partial charge on any atom is 0.332 e. The Bertz CT molecular complexity index is 1240. The number of carbonyl (C=O) groups excluding carboxylic acids is 1. The normalized spacial score (nSPS) is 10.9. The molecule has 0 fully saturated rings. The van der Waals surface area contributed by atoms with Crippen LogP contribution in [0.5, 0.6) is 0 Å². The first-order chi connectivity index (χ1) is 13.7. The van der Waals surface area contributed by atoms with Crippen molar-refractivity contribution < 1.29 is 4.79 Å². The van der Waals surface area contributed by atoms with E-state index in [2.05, 4.69) is 11.1 Å². The second-order valence-corrected chi connectivity index (χ2v) is 7.05. The van der Waals surface area contributed by atoms with Crippen molar-refractivity contribution in [2.75, 3.05) is 11.4 Å². The SMILES string of the molecule is Cc1cc(C)cc(N(CCC#N)C(=O)Cn2cnc3c2c(=O)n(C)c(=O)n3C)c1. The summed E-state index contributed by atoms with van der Waals surface area (Å²) in [6.45, 7) is 3.98. The molecule has 3 rings (SSSR count). The summed E-state index contributed by atoms with van der Waals surface area (Å²) >= 11 is 0. The topological polar surface area (TPSA) is 106 Å². The number of fused-ring (bicyclic) bond motifs is 1. The number of rotatable bonds is 5. The third-order valence-corrected chi connectivity index (χ3v) is 4.79. The summed E-state index contributed by atoms with van der Waals surface area (Å²) in [7, 11) is 2.91. The van der Waals surface area contributed by atoms with Crippen LogP contribution in [0.15, 0.2) is 34.1 Å². The first-order valence-corrected chi connectivity index (χ1v) is 9.11. The van der Waals surface area contributed by atoms with E-state index in [0.29, 0.717) is 5.69 Å². The van der Waals surface area contributed by atoms with Crippen molar-refractivity contribution in [2.24, 2.45) is 14.1 Å². The minimum atomic E-state index is -0.511. The van der Waals surface area contributed by atoms with Crippen molar-refractivity contribution in [3.63, 3.8) is 0 Å². The minimum absolute atomic E-state index is 0.137. The van der Waals surface area contributed by atoms with Gasteiger partial charge in [0.15, 0.2) is 11.2 Å².